The van der Waals surface area contributed by atoms with E-state index in [1.807, 2.05) is 13.0 Å². The van der Waals surface area contributed by atoms with Crippen molar-refractivity contribution in [3.63, 3.8) is 0 Å². The van der Waals surface area contributed by atoms with Gasteiger partial charge in [0.15, 0.2) is 0 Å². The highest BCUT2D eigenvalue weighted by atomic mass is 16.2. The predicted octanol–water partition coefficient (Wildman–Crippen LogP) is 0.352. The molecule has 1 fully saturated rings. The van der Waals surface area contributed by atoms with Crippen LogP contribution in [0.1, 0.15) is 22.3 Å². The van der Waals surface area contributed by atoms with Crippen molar-refractivity contribution < 1.29 is 9.59 Å². The van der Waals surface area contributed by atoms with Gasteiger partial charge in [0.05, 0.1) is 5.56 Å². The van der Waals surface area contributed by atoms with Crippen molar-refractivity contribution in [1.82, 2.24) is 15.2 Å². The Bertz CT molecular complexity index is 445. The van der Waals surface area contributed by atoms with E-state index in [4.69, 9.17) is 0 Å². The maximum Gasteiger partial charge on any atom is 0.255 e. The number of pyridine rings is 1. The molecule has 0 aromatic carbocycles. The van der Waals surface area contributed by atoms with Crippen LogP contribution >= 0.6 is 0 Å². The van der Waals surface area contributed by atoms with Gasteiger partial charge in [-0.05, 0) is 18.6 Å². The summed E-state index contributed by atoms with van der Waals surface area (Å²) in [5.41, 5.74) is 1.54. The van der Waals surface area contributed by atoms with E-state index in [1.54, 1.807) is 17.3 Å². The molecule has 0 unspecified atom stereocenters. The highest BCUT2D eigenvalue weighted by Gasteiger charge is 2.19. The summed E-state index contributed by atoms with van der Waals surface area (Å²) in [5.74, 6) is -0.0552. The Morgan fingerprint density at radius 1 is 1.41 bits per heavy atom. The molecule has 1 aliphatic rings. The fraction of sp³-hybridized carbons (Fsp3) is 0.417. The molecule has 1 aromatic heterocycles. The van der Waals surface area contributed by atoms with Gasteiger partial charge in [-0.1, -0.05) is 0 Å². The Kier molecular flexibility index (Phi) is 3.37. The third-order valence-corrected chi connectivity index (χ3v) is 2.72. The van der Waals surface area contributed by atoms with Crippen molar-refractivity contribution in [3.8, 4) is 0 Å². The van der Waals surface area contributed by atoms with Crippen LogP contribution in [0.2, 0.25) is 0 Å². The van der Waals surface area contributed by atoms with Gasteiger partial charge >= 0.3 is 0 Å². The number of hydrogen-bond acceptors (Lipinski definition) is 3. The quantitative estimate of drug-likeness (QED) is 0.761. The number of amides is 2. The zero-order valence-electron chi connectivity index (χ0n) is 9.77. The second-order valence-corrected chi connectivity index (χ2v) is 4.14. The Balaban J connectivity index is 2.11. The maximum absolute atomic E-state index is 12.2. The van der Waals surface area contributed by atoms with E-state index < -0.39 is 0 Å². The van der Waals surface area contributed by atoms with Crippen molar-refractivity contribution in [3.05, 3.63) is 29.6 Å². The number of nitrogens with zero attached hydrogens (tertiary/aromatic N) is 2. The summed E-state index contributed by atoms with van der Waals surface area (Å²) in [4.78, 5) is 29.0. The van der Waals surface area contributed by atoms with Gasteiger partial charge in [0.2, 0.25) is 5.91 Å². The predicted molar refractivity (Wildman–Crippen MR) is 62.5 cm³/mol. The monoisotopic (exact) mass is 233 g/mol. The van der Waals surface area contributed by atoms with Gasteiger partial charge in [0.1, 0.15) is 0 Å². The number of carbonyl (C=O) groups is 2. The molecule has 0 bridgehead atoms. The number of aryl methyl sites for hydroxylation is 1. The summed E-state index contributed by atoms with van der Waals surface area (Å²) < 4.78 is 0. The van der Waals surface area contributed by atoms with E-state index in [-0.39, 0.29) is 11.8 Å². The Morgan fingerprint density at radius 2 is 2.24 bits per heavy atom. The molecular formula is C12H15N3O2. The minimum Gasteiger partial charge on any atom is -0.354 e. The average molecular weight is 233 g/mol. The van der Waals surface area contributed by atoms with Crippen molar-refractivity contribution in [2.75, 3.05) is 19.6 Å². The second-order valence-electron chi connectivity index (χ2n) is 4.14. The zero-order chi connectivity index (χ0) is 12.3. The first-order valence-corrected chi connectivity index (χ1v) is 5.64. The van der Waals surface area contributed by atoms with Gasteiger partial charge in [-0.25, -0.2) is 0 Å². The first-order valence-electron chi connectivity index (χ1n) is 5.64. The van der Waals surface area contributed by atoms with Crippen LogP contribution in [0.25, 0.3) is 0 Å². The topological polar surface area (TPSA) is 62.3 Å². The van der Waals surface area contributed by atoms with E-state index in [0.717, 1.165) is 5.56 Å². The fourth-order valence-corrected chi connectivity index (χ4v) is 1.82. The van der Waals surface area contributed by atoms with Crippen LogP contribution in [-0.4, -0.2) is 41.3 Å². The first-order chi connectivity index (χ1) is 8.16. The highest BCUT2D eigenvalue weighted by Crippen LogP contribution is 2.07. The van der Waals surface area contributed by atoms with E-state index in [2.05, 4.69) is 10.3 Å². The zero-order valence-corrected chi connectivity index (χ0v) is 9.77. The molecule has 1 N–H and O–H groups in total. The molecule has 0 saturated carbocycles. The highest BCUT2D eigenvalue weighted by molar-refractivity contribution is 5.94. The number of rotatable bonds is 1. The maximum atomic E-state index is 12.2. The van der Waals surface area contributed by atoms with Gasteiger partial charge < -0.3 is 10.2 Å². The number of nitrogens with one attached hydrogen (secondary N) is 1. The molecule has 17 heavy (non-hydrogen) atoms. The van der Waals surface area contributed by atoms with Gasteiger partial charge in [-0.15, -0.1) is 0 Å². The van der Waals surface area contributed by atoms with Gasteiger partial charge in [0.25, 0.3) is 5.91 Å². The summed E-state index contributed by atoms with van der Waals surface area (Å²) in [6.07, 6.45) is 3.64. The molecular weight excluding hydrogens is 218 g/mol. The third kappa shape index (κ3) is 2.81. The molecule has 2 amide bonds. The van der Waals surface area contributed by atoms with Crippen LogP contribution in [0.5, 0.6) is 0 Å². The van der Waals surface area contributed by atoms with Crippen LogP contribution < -0.4 is 5.32 Å². The van der Waals surface area contributed by atoms with Gasteiger partial charge in [-0.2, -0.15) is 0 Å². The van der Waals surface area contributed by atoms with Crippen LogP contribution in [-0.2, 0) is 4.79 Å². The largest absolute Gasteiger partial charge is 0.354 e. The lowest BCUT2D eigenvalue weighted by Gasteiger charge is -2.19. The Labute approximate surface area is 99.8 Å². The minimum absolute atomic E-state index is 0.00247. The lowest BCUT2D eigenvalue weighted by molar-refractivity contribution is -0.120. The summed E-state index contributed by atoms with van der Waals surface area (Å²) in [5, 5.41) is 2.74. The molecule has 2 heterocycles. The SMILES string of the molecule is Cc1cncc(C(=O)N2CCNC(=O)CC2)c1. The van der Waals surface area contributed by atoms with E-state index in [1.165, 1.54) is 0 Å². The van der Waals surface area contributed by atoms with Crippen LogP contribution in [0, 0.1) is 6.92 Å². The van der Waals surface area contributed by atoms with Crippen molar-refractivity contribution in [1.29, 1.82) is 0 Å². The lowest BCUT2D eigenvalue weighted by Crippen LogP contribution is -2.34. The number of aromatic nitrogens is 1. The molecule has 0 radical (unpaired) electrons. The van der Waals surface area contributed by atoms with Gasteiger partial charge in [0, 0.05) is 38.4 Å². The lowest BCUT2D eigenvalue weighted by atomic mass is 10.2. The molecule has 1 aromatic rings. The normalized spacial score (nSPS) is 16.3. The molecule has 2 rings (SSSR count). The smallest absolute Gasteiger partial charge is 0.255 e. The second kappa shape index (κ2) is 4.95. The molecule has 0 aliphatic carbocycles. The molecule has 90 valence electrons. The van der Waals surface area contributed by atoms with E-state index >= 15 is 0 Å². The summed E-state index contributed by atoms with van der Waals surface area (Å²) in [6.45, 7) is 3.44. The molecule has 5 heteroatoms. The average Bonchev–Trinajstić information content (AvgIpc) is 2.53. The number of carbonyl (C=O) groups excluding carboxylic acids is 2. The minimum atomic E-state index is -0.0577. The third-order valence-electron chi connectivity index (χ3n) is 2.72. The van der Waals surface area contributed by atoms with Crippen LogP contribution in [0.3, 0.4) is 0 Å². The molecule has 5 nitrogen and oxygen atoms in total. The fourth-order valence-electron chi connectivity index (χ4n) is 1.82. The van der Waals surface area contributed by atoms with Crippen LogP contribution in [0.15, 0.2) is 18.5 Å². The first kappa shape index (κ1) is 11.6. The van der Waals surface area contributed by atoms with Crippen LogP contribution in [0.4, 0.5) is 0 Å². The summed E-state index contributed by atoms with van der Waals surface area (Å²) in [6, 6.07) is 1.81. The molecule has 0 spiro atoms. The number of hydrogen-bond donors (Lipinski definition) is 1. The molecule has 1 saturated heterocycles. The Morgan fingerprint density at radius 3 is 3.00 bits per heavy atom. The van der Waals surface area contributed by atoms with Crippen molar-refractivity contribution in [2.45, 2.75) is 13.3 Å². The standard InChI is InChI=1S/C12H15N3O2/c1-9-6-10(8-13-7-9)12(17)15-4-2-11(16)14-3-5-15/h6-8H,2-5H2,1H3,(H,14,16). The van der Waals surface area contributed by atoms with E-state index in [0.29, 0.717) is 31.6 Å². The van der Waals surface area contributed by atoms with Crippen molar-refractivity contribution >= 4 is 11.8 Å². The summed E-state index contributed by atoms with van der Waals surface area (Å²) in [7, 11) is 0. The van der Waals surface area contributed by atoms with Crippen molar-refractivity contribution in [2.24, 2.45) is 0 Å². The Hall–Kier alpha value is -1.91. The molecule has 0 atom stereocenters. The van der Waals surface area contributed by atoms with E-state index in [9.17, 15) is 9.59 Å². The summed E-state index contributed by atoms with van der Waals surface area (Å²) >= 11 is 0. The molecule has 1 aliphatic heterocycles. The van der Waals surface area contributed by atoms with Gasteiger partial charge in [-0.3, -0.25) is 14.6 Å².